The minimum absolute atomic E-state index is 0.109. The second-order valence-corrected chi connectivity index (χ2v) is 7.74. The Labute approximate surface area is 143 Å². The first-order chi connectivity index (χ1) is 11.4. The molecule has 24 heavy (non-hydrogen) atoms. The largest absolute Gasteiger partial charge is 0.351 e. The fourth-order valence-electron chi connectivity index (χ4n) is 3.27. The van der Waals surface area contributed by atoms with Crippen LogP contribution in [0.25, 0.3) is 10.9 Å². The van der Waals surface area contributed by atoms with Crippen LogP contribution >= 0.6 is 0 Å². The Bertz CT molecular complexity index is 974. The minimum Gasteiger partial charge on any atom is -0.351 e. The van der Waals surface area contributed by atoms with Crippen LogP contribution in [-0.2, 0) is 23.5 Å². The summed E-state index contributed by atoms with van der Waals surface area (Å²) in [5.41, 5.74) is 3.18. The van der Waals surface area contributed by atoms with Crippen LogP contribution in [0.1, 0.15) is 30.4 Å². The summed E-state index contributed by atoms with van der Waals surface area (Å²) in [5, 5.41) is 6.60. The summed E-state index contributed by atoms with van der Waals surface area (Å²) in [7, 11) is -1.69. The Balaban J connectivity index is 1.99. The van der Waals surface area contributed by atoms with Gasteiger partial charge in [0.05, 0.1) is 4.90 Å². The fraction of sp³-hybridized carbons (Fsp3) is 0.263. The van der Waals surface area contributed by atoms with Crippen molar-refractivity contribution in [1.82, 2.24) is 4.57 Å². The van der Waals surface area contributed by atoms with Crippen LogP contribution in [-0.4, -0.2) is 13.0 Å². The molecule has 0 aliphatic carbocycles. The van der Waals surface area contributed by atoms with Crippen LogP contribution in [0.5, 0.6) is 0 Å². The molecule has 126 valence electrons. The topological polar surface area (TPSA) is 65.1 Å². The van der Waals surface area contributed by atoms with Crippen molar-refractivity contribution in [1.29, 1.82) is 0 Å². The summed E-state index contributed by atoms with van der Waals surface area (Å²) < 4.78 is 25.9. The van der Waals surface area contributed by atoms with Crippen molar-refractivity contribution < 1.29 is 8.42 Å². The molecule has 0 fully saturated rings. The average Bonchev–Trinajstić information content (AvgIpc) is 2.93. The number of hydrogen-bond acceptors (Lipinski definition) is 2. The Morgan fingerprint density at radius 3 is 2.58 bits per heavy atom. The highest BCUT2D eigenvalue weighted by atomic mass is 32.2. The average molecular weight is 342 g/mol. The second-order valence-electron chi connectivity index (χ2n) is 6.21. The molecule has 0 radical (unpaired) electrons. The molecule has 0 amide bonds. The summed E-state index contributed by atoms with van der Waals surface area (Å²) in [6.07, 6.45) is 3.67. The molecule has 0 bridgehead atoms. The summed E-state index contributed by atoms with van der Waals surface area (Å²) >= 11 is 0. The number of nitrogens with zero attached hydrogens (tertiary/aromatic N) is 1. The van der Waals surface area contributed by atoms with Crippen LogP contribution in [0, 0.1) is 0 Å². The summed E-state index contributed by atoms with van der Waals surface area (Å²) in [4.78, 5) is 0.233. The van der Waals surface area contributed by atoms with Gasteiger partial charge in [0, 0.05) is 18.8 Å². The smallest absolute Gasteiger partial charge is 0.238 e. The van der Waals surface area contributed by atoms with Crippen molar-refractivity contribution in [2.24, 2.45) is 12.2 Å². The predicted octanol–water partition coefficient (Wildman–Crippen LogP) is 3.56. The van der Waals surface area contributed by atoms with E-state index in [9.17, 15) is 8.42 Å². The van der Waals surface area contributed by atoms with Gasteiger partial charge in [-0.2, -0.15) is 0 Å². The van der Waals surface area contributed by atoms with Gasteiger partial charge in [-0.05, 0) is 53.5 Å². The standard InChI is InChI=1S/C19H22N2O2S/c1-3-15(17-6-4-5-7-19(17)24(20,22)23)12-14-8-9-16-10-11-21(2)18(16)13-14/h4-11,13,15H,3,12H2,1-2H3,(H2,20,22,23)/t15-/m0/s1. The molecule has 0 saturated carbocycles. The van der Waals surface area contributed by atoms with Crippen molar-refractivity contribution >= 4 is 20.9 Å². The van der Waals surface area contributed by atoms with Gasteiger partial charge in [0.1, 0.15) is 0 Å². The molecule has 2 aromatic carbocycles. The van der Waals surface area contributed by atoms with E-state index in [-0.39, 0.29) is 10.8 Å². The van der Waals surface area contributed by atoms with Crippen molar-refractivity contribution in [2.45, 2.75) is 30.6 Å². The lowest BCUT2D eigenvalue weighted by Crippen LogP contribution is -2.16. The second kappa shape index (κ2) is 6.42. The highest BCUT2D eigenvalue weighted by molar-refractivity contribution is 7.89. The number of aromatic nitrogens is 1. The number of hydrogen-bond donors (Lipinski definition) is 1. The third-order valence-corrected chi connectivity index (χ3v) is 5.58. The van der Waals surface area contributed by atoms with Crippen LogP contribution in [0.2, 0.25) is 0 Å². The van der Waals surface area contributed by atoms with Crippen molar-refractivity contribution in [3.8, 4) is 0 Å². The SMILES string of the molecule is CC[C@@H](Cc1ccc2ccn(C)c2c1)c1ccccc1S(N)(=O)=O. The summed E-state index contributed by atoms with van der Waals surface area (Å²) in [6, 6.07) is 15.5. The quantitative estimate of drug-likeness (QED) is 0.770. The van der Waals surface area contributed by atoms with E-state index in [2.05, 4.69) is 35.8 Å². The highest BCUT2D eigenvalue weighted by Crippen LogP contribution is 2.30. The van der Waals surface area contributed by atoms with E-state index in [4.69, 9.17) is 5.14 Å². The predicted molar refractivity (Wildman–Crippen MR) is 97.5 cm³/mol. The zero-order valence-corrected chi connectivity index (χ0v) is 14.8. The summed E-state index contributed by atoms with van der Waals surface area (Å²) in [6.45, 7) is 2.08. The number of rotatable bonds is 5. The lowest BCUT2D eigenvalue weighted by molar-refractivity contribution is 0.590. The van der Waals surface area contributed by atoms with E-state index in [1.165, 1.54) is 16.5 Å². The van der Waals surface area contributed by atoms with Crippen LogP contribution in [0.15, 0.2) is 59.6 Å². The van der Waals surface area contributed by atoms with Gasteiger partial charge < -0.3 is 4.57 Å². The molecule has 0 spiro atoms. The first-order valence-electron chi connectivity index (χ1n) is 8.06. The van der Waals surface area contributed by atoms with Gasteiger partial charge in [-0.3, -0.25) is 0 Å². The monoisotopic (exact) mass is 342 g/mol. The van der Waals surface area contributed by atoms with E-state index in [0.29, 0.717) is 0 Å². The van der Waals surface area contributed by atoms with E-state index in [0.717, 1.165) is 18.4 Å². The zero-order valence-electron chi connectivity index (χ0n) is 13.9. The number of fused-ring (bicyclic) bond motifs is 1. The molecular formula is C19H22N2O2S. The maximum absolute atomic E-state index is 11.9. The molecule has 0 unspecified atom stereocenters. The van der Waals surface area contributed by atoms with Gasteiger partial charge in [0.2, 0.25) is 10.0 Å². The molecule has 2 N–H and O–H groups in total. The van der Waals surface area contributed by atoms with Gasteiger partial charge in [-0.25, -0.2) is 13.6 Å². The lowest BCUT2D eigenvalue weighted by Gasteiger charge is -2.18. The normalized spacial score (nSPS) is 13.3. The Hall–Kier alpha value is -2.11. The Morgan fingerprint density at radius 2 is 1.88 bits per heavy atom. The van der Waals surface area contributed by atoms with Gasteiger partial charge >= 0.3 is 0 Å². The third kappa shape index (κ3) is 3.23. The number of nitrogens with two attached hydrogens (primary N) is 1. The molecule has 3 aromatic rings. The number of benzene rings is 2. The molecule has 0 aliphatic rings. The third-order valence-electron chi connectivity index (χ3n) is 4.59. The molecule has 4 nitrogen and oxygen atoms in total. The number of primary sulfonamides is 1. The van der Waals surface area contributed by atoms with Gasteiger partial charge in [0.25, 0.3) is 0 Å². The molecule has 3 rings (SSSR count). The zero-order chi connectivity index (χ0) is 17.3. The molecule has 1 heterocycles. The lowest BCUT2D eigenvalue weighted by atomic mass is 9.89. The van der Waals surface area contributed by atoms with E-state index < -0.39 is 10.0 Å². The summed E-state index contributed by atoms with van der Waals surface area (Å²) in [5.74, 6) is 0.109. The first-order valence-corrected chi connectivity index (χ1v) is 9.60. The molecule has 0 saturated heterocycles. The first kappa shape index (κ1) is 16.7. The van der Waals surface area contributed by atoms with Crippen molar-refractivity contribution in [3.05, 3.63) is 65.9 Å². The Morgan fingerprint density at radius 1 is 1.12 bits per heavy atom. The fourth-order valence-corrected chi connectivity index (χ4v) is 4.10. The van der Waals surface area contributed by atoms with Gasteiger partial charge in [-0.15, -0.1) is 0 Å². The van der Waals surface area contributed by atoms with Gasteiger partial charge in [0.15, 0.2) is 0 Å². The van der Waals surface area contributed by atoms with Crippen LogP contribution in [0.4, 0.5) is 0 Å². The Kier molecular flexibility index (Phi) is 4.47. The van der Waals surface area contributed by atoms with Crippen molar-refractivity contribution in [2.75, 3.05) is 0 Å². The maximum Gasteiger partial charge on any atom is 0.238 e. The van der Waals surface area contributed by atoms with Crippen LogP contribution in [0.3, 0.4) is 0 Å². The number of sulfonamides is 1. The molecular weight excluding hydrogens is 320 g/mol. The highest BCUT2D eigenvalue weighted by Gasteiger charge is 2.20. The number of aryl methyl sites for hydroxylation is 1. The molecule has 1 atom stereocenters. The van der Waals surface area contributed by atoms with Crippen LogP contribution < -0.4 is 5.14 Å². The molecule has 0 aliphatic heterocycles. The van der Waals surface area contributed by atoms with E-state index >= 15 is 0 Å². The minimum atomic E-state index is -3.72. The molecule has 5 heteroatoms. The maximum atomic E-state index is 11.9. The van der Waals surface area contributed by atoms with E-state index in [1.807, 2.05) is 25.4 Å². The molecule has 1 aromatic heterocycles. The van der Waals surface area contributed by atoms with Crippen molar-refractivity contribution in [3.63, 3.8) is 0 Å². The van der Waals surface area contributed by atoms with E-state index in [1.54, 1.807) is 12.1 Å². The van der Waals surface area contributed by atoms with Gasteiger partial charge in [-0.1, -0.05) is 37.3 Å².